The van der Waals surface area contributed by atoms with Gasteiger partial charge in [-0.2, -0.15) is 13.2 Å². The van der Waals surface area contributed by atoms with Gasteiger partial charge in [0.25, 0.3) is 0 Å². The van der Waals surface area contributed by atoms with E-state index in [1.54, 1.807) is 13.0 Å². The van der Waals surface area contributed by atoms with E-state index < -0.39 is 24.1 Å². The lowest BCUT2D eigenvalue weighted by atomic mass is 10.1. The molecule has 0 aromatic heterocycles. The third kappa shape index (κ3) is 3.61. The van der Waals surface area contributed by atoms with Crippen LogP contribution < -0.4 is 5.32 Å². The van der Waals surface area contributed by atoms with Gasteiger partial charge in [0, 0.05) is 19.9 Å². The maximum absolute atomic E-state index is 12.8. The molecule has 1 aromatic carbocycles. The molecule has 18 heavy (non-hydrogen) atoms. The molecular weight excluding hydrogens is 247 g/mol. The van der Waals surface area contributed by atoms with Crippen LogP contribution in [0.25, 0.3) is 0 Å². The number of halogens is 3. The van der Waals surface area contributed by atoms with Crippen molar-refractivity contribution in [1.82, 2.24) is 0 Å². The summed E-state index contributed by atoms with van der Waals surface area (Å²) in [6.07, 6.45) is -5.01. The molecule has 0 aliphatic heterocycles. The molecule has 0 spiro atoms. The molecule has 1 N–H and O–H groups in total. The Morgan fingerprint density at radius 1 is 1.11 bits per heavy atom. The maximum atomic E-state index is 12.8. The van der Waals surface area contributed by atoms with Crippen molar-refractivity contribution in [2.75, 3.05) is 19.5 Å². The van der Waals surface area contributed by atoms with E-state index in [0.717, 1.165) is 6.07 Å². The molecule has 1 atom stereocenters. The maximum Gasteiger partial charge on any atom is 0.418 e. The summed E-state index contributed by atoms with van der Waals surface area (Å²) < 4.78 is 48.3. The van der Waals surface area contributed by atoms with Crippen LogP contribution in [0.4, 0.5) is 18.9 Å². The zero-order valence-corrected chi connectivity index (χ0v) is 10.4. The van der Waals surface area contributed by atoms with E-state index in [1.807, 2.05) is 0 Å². The minimum atomic E-state index is -4.39. The highest BCUT2D eigenvalue weighted by atomic mass is 19.4. The molecule has 0 heterocycles. The molecule has 0 saturated carbocycles. The summed E-state index contributed by atoms with van der Waals surface area (Å²) in [5.74, 6) is 0. The fourth-order valence-electron chi connectivity index (χ4n) is 1.67. The van der Waals surface area contributed by atoms with Crippen LogP contribution in [0.5, 0.6) is 0 Å². The number of rotatable bonds is 5. The van der Waals surface area contributed by atoms with Crippen LogP contribution in [0.2, 0.25) is 0 Å². The minimum Gasteiger partial charge on any atom is -0.377 e. The average molecular weight is 263 g/mol. The zero-order chi connectivity index (χ0) is 13.8. The van der Waals surface area contributed by atoms with Gasteiger partial charge < -0.3 is 14.8 Å². The average Bonchev–Trinajstić information content (AvgIpc) is 2.30. The molecule has 1 unspecified atom stereocenters. The molecule has 6 heteroatoms. The number of ether oxygens (including phenoxy) is 2. The van der Waals surface area contributed by atoms with Crippen molar-refractivity contribution in [1.29, 1.82) is 0 Å². The molecule has 102 valence electrons. The SMILES string of the molecule is COC(OC)C(C)Nc1ccccc1C(F)(F)F. The van der Waals surface area contributed by atoms with E-state index in [0.29, 0.717) is 0 Å². The number of hydrogen-bond acceptors (Lipinski definition) is 3. The molecule has 0 aliphatic carbocycles. The van der Waals surface area contributed by atoms with Gasteiger partial charge in [-0.25, -0.2) is 0 Å². The standard InChI is InChI=1S/C12H16F3NO2/c1-8(11(17-2)18-3)16-10-7-5-4-6-9(10)12(13,14)15/h4-8,11,16H,1-3H3. The van der Waals surface area contributed by atoms with Crippen LogP contribution >= 0.6 is 0 Å². The van der Waals surface area contributed by atoms with Gasteiger partial charge in [0.15, 0.2) is 6.29 Å². The lowest BCUT2D eigenvalue weighted by molar-refractivity contribution is -0.137. The second kappa shape index (κ2) is 6.06. The van der Waals surface area contributed by atoms with Crippen LogP contribution in [0.1, 0.15) is 12.5 Å². The van der Waals surface area contributed by atoms with Gasteiger partial charge in [-0.3, -0.25) is 0 Å². The van der Waals surface area contributed by atoms with Crippen molar-refractivity contribution >= 4 is 5.69 Å². The molecule has 0 amide bonds. The van der Waals surface area contributed by atoms with E-state index >= 15 is 0 Å². The molecule has 0 saturated heterocycles. The Morgan fingerprint density at radius 3 is 2.17 bits per heavy atom. The summed E-state index contributed by atoms with van der Waals surface area (Å²) in [4.78, 5) is 0. The molecule has 0 aliphatic rings. The van der Waals surface area contributed by atoms with Crippen molar-refractivity contribution in [2.24, 2.45) is 0 Å². The molecule has 0 radical (unpaired) electrons. The molecular formula is C12H16F3NO2. The van der Waals surface area contributed by atoms with Crippen molar-refractivity contribution < 1.29 is 22.6 Å². The van der Waals surface area contributed by atoms with Gasteiger partial charge in [0.2, 0.25) is 0 Å². The minimum absolute atomic E-state index is 0.0107. The zero-order valence-electron chi connectivity index (χ0n) is 10.4. The lowest BCUT2D eigenvalue weighted by Gasteiger charge is -2.24. The topological polar surface area (TPSA) is 30.5 Å². The Bertz CT molecular complexity index is 378. The van der Waals surface area contributed by atoms with Gasteiger partial charge in [0.05, 0.1) is 11.6 Å². The van der Waals surface area contributed by atoms with Crippen molar-refractivity contribution in [2.45, 2.75) is 25.4 Å². The predicted molar refractivity (Wildman–Crippen MR) is 62.3 cm³/mol. The van der Waals surface area contributed by atoms with Crippen LogP contribution in [0.3, 0.4) is 0 Å². The summed E-state index contributed by atoms with van der Waals surface area (Å²) >= 11 is 0. The van der Waals surface area contributed by atoms with Crippen molar-refractivity contribution in [3.8, 4) is 0 Å². The first kappa shape index (κ1) is 14.8. The Labute approximate surface area is 104 Å². The van der Waals surface area contributed by atoms with Crippen LogP contribution in [-0.4, -0.2) is 26.6 Å². The number of para-hydroxylation sites is 1. The van der Waals surface area contributed by atoms with Gasteiger partial charge in [-0.15, -0.1) is 0 Å². The highest BCUT2D eigenvalue weighted by Crippen LogP contribution is 2.34. The van der Waals surface area contributed by atoms with Gasteiger partial charge in [-0.1, -0.05) is 12.1 Å². The Balaban J connectivity index is 2.91. The number of methoxy groups -OCH3 is 2. The third-order valence-corrected chi connectivity index (χ3v) is 2.49. The van der Waals surface area contributed by atoms with Crippen molar-refractivity contribution in [3.63, 3.8) is 0 Å². The molecule has 0 fully saturated rings. The summed E-state index contributed by atoms with van der Waals surface area (Å²) in [5, 5.41) is 2.75. The van der Waals surface area contributed by atoms with Crippen LogP contribution in [0, 0.1) is 0 Å². The van der Waals surface area contributed by atoms with Crippen LogP contribution in [0.15, 0.2) is 24.3 Å². The van der Waals surface area contributed by atoms with E-state index in [4.69, 9.17) is 9.47 Å². The first-order valence-corrected chi connectivity index (χ1v) is 5.38. The van der Waals surface area contributed by atoms with Gasteiger partial charge >= 0.3 is 6.18 Å². The summed E-state index contributed by atoms with van der Waals surface area (Å²) in [6.45, 7) is 1.69. The number of hydrogen-bond donors (Lipinski definition) is 1. The summed E-state index contributed by atoms with van der Waals surface area (Å²) in [5.41, 5.74) is -0.695. The first-order valence-electron chi connectivity index (χ1n) is 5.38. The Hall–Kier alpha value is -1.27. The molecule has 3 nitrogen and oxygen atoms in total. The number of anilines is 1. The monoisotopic (exact) mass is 263 g/mol. The van der Waals surface area contributed by atoms with E-state index in [-0.39, 0.29) is 5.69 Å². The van der Waals surface area contributed by atoms with Crippen LogP contribution in [-0.2, 0) is 15.7 Å². The van der Waals surface area contributed by atoms with E-state index in [1.165, 1.54) is 26.4 Å². The smallest absolute Gasteiger partial charge is 0.377 e. The third-order valence-electron chi connectivity index (χ3n) is 2.49. The normalized spacial score (nSPS) is 13.7. The molecule has 0 bridgehead atoms. The highest BCUT2D eigenvalue weighted by Gasteiger charge is 2.33. The summed E-state index contributed by atoms with van der Waals surface area (Å²) in [7, 11) is 2.87. The lowest BCUT2D eigenvalue weighted by Crippen LogP contribution is -2.34. The van der Waals surface area contributed by atoms with Gasteiger partial charge in [-0.05, 0) is 19.1 Å². The van der Waals surface area contributed by atoms with E-state index in [2.05, 4.69) is 5.32 Å². The predicted octanol–water partition coefficient (Wildman–Crippen LogP) is 3.12. The second-order valence-corrected chi connectivity index (χ2v) is 3.82. The number of benzene rings is 1. The Kier molecular flexibility index (Phi) is 4.98. The second-order valence-electron chi connectivity index (χ2n) is 3.82. The quantitative estimate of drug-likeness (QED) is 0.828. The fourth-order valence-corrected chi connectivity index (χ4v) is 1.67. The van der Waals surface area contributed by atoms with Crippen molar-refractivity contribution in [3.05, 3.63) is 29.8 Å². The van der Waals surface area contributed by atoms with Gasteiger partial charge in [0.1, 0.15) is 0 Å². The number of nitrogens with one attached hydrogen (secondary N) is 1. The largest absolute Gasteiger partial charge is 0.418 e. The highest BCUT2D eigenvalue weighted by molar-refractivity contribution is 5.53. The number of alkyl halides is 3. The molecule has 1 rings (SSSR count). The Morgan fingerprint density at radius 2 is 1.67 bits per heavy atom. The summed E-state index contributed by atoms with van der Waals surface area (Å²) in [6, 6.07) is 4.89. The van der Waals surface area contributed by atoms with E-state index in [9.17, 15) is 13.2 Å². The fraction of sp³-hybridized carbons (Fsp3) is 0.500. The first-order chi connectivity index (χ1) is 8.40. The molecule has 1 aromatic rings.